The Hall–Kier alpha value is -2.03. The van der Waals surface area contributed by atoms with Crippen molar-refractivity contribution in [2.75, 3.05) is 5.73 Å². The van der Waals surface area contributed by atoms with Crippen LogP contribution < -0.4 is 5.73 Å². The van der Waals surface area contributed by atoms with Crippen LogP contribution in [-0.4, -0.2) is 4.98 Å². The van der Waals surface area contributed by atoms with Crippen LogP contribution in [0.2, 0.25) is 0 Å². The number of aryl methyl sites for hydroxylation is 1. The minimum absolute atomic E-state index is 0.223. The fraction of sp³-hybridized carbons (Fsp3) is 0.0833. The number of nitrogens with two attached hydrogens (primary N) is 1. The molecule has 0 unspecified atom stereocenters. The van der Waals surface area contributed by atoms with E-state index in [0.717, 1.165) is 16.5 Å². The molecule has 0 amide bonds. The summed E-state index contributed by atoms with van der Waals surface area (Å²) < 4.78 is 5.32. The fourth-order valence-electron chi connectivity index (χ4n) is 1.95. The van der Waals surface area contributed by atoms with E-state index in [9.17, 15) is 0 Å². The summed E-state index contributed by atoms with van der Waals surface area (Å²) >= 11 is 0. The molecule has 0 saturated heterocycles. The largest absolute Gasteiger partial charge is 0.424 e. The van der Waals surface area contributed by atoms with Gasteiger partial charge < -0.3 is 10.2 Å². The molecule has 0 aliphatic carbocycles. The molecular weight excluding hydrogens is 188 g/mol. The lowest BCUT2D eigenvalue weighted by Gasteiger charge is -2.00. The second kappa shape index (κ2) is 2.73. The van der Waals surface area contributed by atoms with Crippen molar-refractivity contribution in [3.05, 3.63) is 35.9 Å². The van der Waals surface area contributed by atoms with Gasteiger partial charge in [0.15, 0.2) is 5.58 Å². The zero-order valence-electron chi connectivity index (χ0n) is 8.32. The standard InChI is InChI=1S/C12H10N2O/c1-7-6-10-11(14-12(13)15-10)9-5-3-2-4-8(7)9/h2-6H,1H3,(H2,13,14). The van der Waals surface area contributed by atoms with E-state index < -0.39 is 0 Å². The maximum atomic E-state index is 5.55. The normalized spacial score (nSPS) is 11.3. The molecule has 0 bridgehead atoms. The number of anilines is 1. The predicted molar refractivity (Wildman–Crippen MR) is 60.7 cm³/mol. The van der Waals surface area contributed by atoms with Gasteiger partial charge in [-0.2, -0.15) is 4.98 Å². The number of fused-ring (bicyclic) bond motifs is 3. The highest BCUT2D eigenvalue weighted by atomic mass is 16.4. The molecule has 74 valence electrons. The van der Waals surface area contributed by atoms with Gasteiger partial charge in [-0.25, -0.2) is 0 Å². The maximum Gasteiger partial charge on any atom is 0.293 e. The minimum Gasteiger partial charge on any atom is -0.424 e. The van der Waals surface area contributed by atoms with Crippen LogP contribution in [0, 0.1) is 6.92 Å². The van der Waals surface area contributed by atoms with Crippen molar-refractivity contribution in [1.29, 1.82) is 0 Å². The van der Waals surface area contributed by atoms with Crippen LogP contribution in [0.4, 0.5) is 6.01 Å². The molecule has 1 heterocycles. The van der Waals surface area contributed by atoms with Crippen molar-refractivity contribution in [2.24, 2.45) is 0 Å². The second-order valence-electron chi connectivity index (χ2n) is 3.64. The summed E-state index contributed by atoms with van der Waals surface area (Å²) in [5.74, 6) is 0. The van der Waals surface area contributed by atoms with Crippen molar-refractivity contribution in [2.45, 2.75) is 6.92 Å². The second-order valence-corrected chi connectivity index (χ2v) is 3.64. The SMILES string of the molecule is Cc1cc2oc(N)nc2c2ccccc12. The van der Waals surface area contributed by atoms with Crippen LogP contribution >= 0.6 is 0 Å². The van der Waals surface area contributed by atoms with E-state index in [-0.39, 0.29) is 6.01 Å². The highest BCUT2D eigenvalue weighted by Gasteiger charge is 2.08. The van der Waals surface area contributed by atoms with Crippen LogP contribution in [0.5, 0.6) is 0 Å². The molecule has 3 rings (SSSR count). The lowest BCUT2D eigenvalue weighted by molar-refractivity contribution is 0.626. The lowest BCUT2D eigenvalue weighted by Crippen LogP contribution is -1.82. The molecule has 3 heteroatoms. The summed E-state index contributed by atoms with van der Waals surface area (Å²) in [6.07, 6.45) is 0. The quantitative estimate of drug-likeness (QED) is 0.604. The smallest absolute Gasteiger partial charge is 0.293 e. The first-order valence-electron chi connectivity index (χ1n) is 4.80. The highest BCUT2D eigenvalue weighted by molar-refractivity contribution is 6.05. The molecule has 0 fully saturated rings. The van der Waals surface area contributed by atoms with Crippen LogP contribution in [0.1, 0.15) is 5.56 Å². The highest BCUT2D eigenvalue weighted by Crippen LogP contribution is 2.28. The zero-order chi connectivity index (χ0) is 10.4. The van der Waals surface area contributed by atoms with Crippen LogP contribution in [-0.2, 0) is 0 Å². The number of hydrogen-bond donors (Lipinski definition) is 1. The van der Waals surface area contributed by atoms with Crippen molar-refractivity contribution in [1.82, 2.24) is 4.98 Å². The van der Waals surface area contributed by atoms with Crippen LogP contribution in [0.3, 0.4) is 0 Å². The van der Waals surface area contributed by atoms with E-state index >= 15 is 0 Å². The van der Waals surface area contributed by atoms with Gasteiger partial charge in [0.2, 0.25) is 0 Å². The number of aromatic nitrogens is 1. The predicted octanol–water partition coefficient (Wildman–Crippen LogP) is 2.87. The van der Waals surface area contributed by atoms with Gasteiger partial charge >= 0.3 is 0 Å². The maximum absolute atomic E-state index is 5.55. The topological polar surface area (TPSA) is 52.0 Å². The van der Waals surface area contributed by atoms with Gasteiger partial charge in [-0.15, -0.1) is 0 Å². The van der Waals surface area contributed by atoms with Crippen LogP contribution in [0.25, 0.3) is 21.9 Å². The van der Waals surface area contributed by atoms with E-state index in [1.165, 1.54) is 10.9 Å². The average Bonchev–Trinajstić information content (AvgIpc) is 2.59. The Kier molecular flexibility index (Phi) is 1.51. The Morgan fingerprint density at radius 1 is 1.20 bits per heavy atom. The van der Waals surface area contributed by atoms with Crippen molar-refractivity contribution in [3.63, 3.8) is 0 Å². The average molecular weight is 198 g/mol. The molecule has 0 aliphatic heterocycles. The number of nitrogen functional groups attached to an aromatic ring is 1. The van der Waals surface area contributed by atoms with E-state index in [1.807, 2.05) is 24.3 Å². The lowest BCUT2D eigenvalue weighted by atomic mass is 10.0. The Morgan fingerprint density at radius 3 is 2.73 bits per heavy atom. The summed E-state index contributed by atoms with van der Waals surface area (Å²) in [5.41, 5.74) is 8.32. The van der Waals surface area contributed by atoms with Gasteiger partial charge in [-0.1, -0.05) is 24.3 Å². The monoisotopic (exact) mass is 198 g/mol. The number of hydrogen-bond acceptors (Lipinski definition) is 3. The summed E-state index contributed by atoms with van der Waals surface area (Å²) in [7, 11) is 0. The molecule has 3 nitrogen and oxygen atoms in total. The molecule has 2 N–H and O–H groups in total. The third-order valence-electron chi connectivity index (χ3n) is 2.62. The van der Waals surface area contributed by atoms with E-state index in [1.54, 1.807) is 0 Å². The Balaban J connectivity index is 2.62. The van der Waals surface area contributed by atoms with Crippen molar-refractivity contribution < 1.29 is 4.42 Å². The fourth-order valence-corrected chi connectivity index (χ4v) is 1.95. The van der Waals surface area contributed by atoms with Crippen molar-refractivity contribution >= 4 is 27.9 Å². The zero-order valence-corrected chi connectivity index (χ0v) is 8.32. The number of oxazole rings is 1. The molecule has 15 heavy (non-hydrogen) atoms. The molecule has 2 aromatic carbocycles. The first-order chi connectivity index (χ1) is 7.25. The summed E-state index contributed by atoms with van der Waals surface area (Å²) in [5, 5.41) is 2.28. The number of nitrogens with zero attached hydrogens (tertiary/aromatic N) is 1. The van der Waals surface area contributed by atoms with E-state index in [2.05, 4.69) is 18.0 Å². The van der Waals surface area contributed by atoms with Gasteiger partial charge in [-0.3, -0.25) is 0 Å². The van der Waals surface area contributed by atoms with Gasteiger partial charge in [0.1, 0.15) is 5.52 Å². The van der Waals surface area contributed by atoms with Gasteiger partial charge in [0.05, 0.1) is 0 Å². The first kappa shape index (κ1) is 8.29. The minimum atomic E-state index is 0.223. The third kappa shape index (κ3) is 1.09. The molecule has 0 atom stereocenters. The number of rotatable bonds is 0. The Morgan fingerprint density at radius 2 is 1.93 bits per heavy atom. The summed E-state index contributed by atoms with van der Waals surface area (Å²) in [6.45, 7) is 2.06. The molecular formula is C12H10N2O. The van der Waals surface area contributed by atoms with Crippen LogP contribution in [0.15, 0.2) is 34.7 Å². The van der Waals surface area contributed by atoms with Gasteiger partial charge in [0, 0.05) is 5.39 Å². The Labute approximate surface area is 86.5 Å². The molecule has 0 aliphatic rings. The molecule has 1 aromatic heterocycles. The van der Waals surface area contributed by atoms with E-state index in [0.29, 0.717) is 0 Å². The summed E-state index contributed by atoms with van der Waals surface area (Å²) in [6, 6.07) is 10.3. The molecule has 0 saturated carbocycles. The molecule has 0 radical (unpaired) electrons. The Bertz CT molecular complexity index is 655. The van der Waals surface area contributed by atoms with E-state index in [4.69, 9.17) is 10.2 Å². The number of benzene rings is 2. The first-order valence-corrected chi connectivity index (χ1v) is 4.80. The molecule has 0 spiro atoms. The van der Waals surface area contributed by atoms with Gasteiger partial charge in [-0.05, 0) is 23.9 Å². The van der Waals surface area contributed by atoms with Gasteiger partial charge in [0.25, 0.3) is 6.01 Å². The third-order valence-corrected chi connectivity index (χ3v) is 2.62. The molecule has 3 aromatic rings. The summed E-state index contributed by atoms with van der Waals surface area (Å²) in [4.78, 5) is 4.19. The van der Waals surface area contributed by atoms with Crippen molar-refractivity contribution in [3.8, 4) is 0 Å².